The average molecular weight is 243 g/mol. The number of rotatable bonds is 3. The topological polar surface area (TPSA) is 30.5 Å². The molecule has 1 fully saturated rings. The summed E-state index contributed by atoms with van der Waals surface area (Å²) in [5, 5.41) is 3.08. The minimum Gasteiger partial charge on any atom is -0.380 e. The van der Waals surface area contributed by atoms with Crippen LogP contribution in [0.3, 0.4) is 0 Å². The Hall–Kier alpha value is -1.04. The monoisotopic (exact) mass is 243 g/mol. The highest BCUT2D eigenvalue weighted by Gasteiger charge is 2.22. The van der Waals surface area contributed by atoms with Gasteiger partial charge < -0.3 is 14.8 Å². The first-order valence-corrected chi connectivity index (χ1v) is 5.52. The van der Waals surface area contributed by atoms with Crippen LogP contribution in [-0.4, -0.2) is 26.8 Å². The number of methoxy groups -OCH3 is 1. The van der Waals surface area contributed by atoms with Gasteiger partial charge in [0, 0.05) is 31.3 Å². The average Bonchev–Trinajstić information content (AvgIpc) is 2.36. The number of ether oxygens (including phenoxy) is 2. The molecule has 1 N–H and O–H groups in total. The fourth-order valence-electron chi connectivity index (χ4n) is 1.89. The highest BCUT2D eigenvalue weighted by molar-refractivity contribution is 5.28. The molecule has 1 aliphatic rings. The van der Waals surface area contributed by atoms with E-state index < -0.39 is 17.7 Å². The third-order valence-electron chi connectivity index (χ3n) is 2.77. The van der Waals surface area contributed by atoms with Crippen molar-refractivity contribution in [2.45, 2.75) is 12.7 Å². The lowest BCUT2D eigenvalue weighted by Gasteiger charge is -2.24. The van der Waals surface area contributed by atoms with Gasteiger partial charge in [0.25, 0.3) is 0 Å². The maximum absolute atomic E-state index is 13.8. The van der Waals surface area contributed by atoms with Gasteiger partial charge >= 0.3 is 0 Å². The maximum atomic E-state index is 13.8. The summed E-state index contributed by atoms with van der Waals surface area (Å²) in [6.45, 7) is 1.81. The largest absolute Gasteiger partial charge is 0.380 e. The van der Waals surface area contributed by atoms with Crippen LogP contribution in [-0.2, 0) is 16.1 Å². The molecule has 1 aromatic rings. The van der Waals surface area contributed by atoms with E-state index in [4.69, 9.17) is 9.47 Å². The van der Waals surface area contributed by atoms with Gasteiger partial charge in [-0.3, -0.25) is 0 Å². The van der Waals surface area contributed by atoms with Crippen LogP contribution >= 0.6 is 0 Å². The molecule has 1 aromatic carbocycles. The van der Waals surface area contributed by atoms with E-state index in [1.807, 2.05) is 0 Å². The van der Waals surface area contributed by atoms with Crippen molar-refractivity contribution in [1.29, 1.82) is 0 Å². The number of hydrogen-bond donors (Lipinski definition) is 1. The smallest absolute Gasteiger partial charge is 0.165 e. The van der Waals surface area contributed by atoms with Crippen LogP contribution in [0.15, 0.2) is 12.1 Å². The number of nitrogens with one attached hydrogen (secondary N) is 1. The lowest BCUT2D eigenvalue weighted by Crippen LogP contribution is -2.33. The minimum absolute atomic E-state index is 0.0623. The predicted molar refractivity (Wildman–Crippen MR) is 58.6 cm³/mol. The SMILES string of the molecule is COCc1ccc(C2CNCCO2)c(F)c1F. The van der Waals surface area contributed by atoms with Crippen LogP contribution in [0.2, 0.25) is 0 Å². The maximum Gasteiger partial charge on any atom is 0.165 e. The van der Waals surface area contributed by atoms with E-state index in [0.717, 1.165) is 6.54 Å². The zero-order valence-electron chi connectivity index (χ0n) is 9.63. The second-order valence-electron chi connectivity index (χ2n) is 3.94. The van der Waals surface area contributed by atoms with Gasteiger partial charge in [0.2, 0.25) is 0 Å². The Kier molecular flexibility index (Phi) is 4.04. The molecule has 1 saturated heterocycles. The molecular formula is C12H15F2NO2. The summed E-state index contributed by atoms with van der Waals surface area (Å²) in [5.41, 5.74) is 0.479. The molecule has 0 amide bonds. The van der Waals surface area contributed by atoms with Gasteiger partial charge in [0.05, 0.1) is 19.3 Å². The van der Waals surface area contributed by atoms with Crippen LogP contribution in [0.1, 0.15) is 17.2 Å². The molecule has 5 heteroatoms. The molecule has 0 spiro atoms. The van der Waals surface area contributed by atoms with Crippen molar-refractivity contribution in [3.63, 3.8) is 0 Å². The van der Waals surface area contributed by atoms with E-state index in [2.05, 4.69) is 5.32 Å². The van der Waals surface area contributed by atoms with E-state index in [0.29, 0.717) is 13.2 Å². The van der Waals surface area contributed by atoms with Crippen molar-refractivity contribution < 1.29 is 18.3 Å². The van der Waals surface area contributed by atoms with Gasteiger partial charge in [-0.05, 0) is 0 Å². The highest BCUT2D eigenvalue weighted by atomic mass is 19.2. The summed E-state index contributed by atoms with van der Waals surface area (Å²) in [6, 6.07) is 3.10. The van der Waals surface area contributed by atoms with Gasteiger partial charge in [-0.25, -0.2) is 8.78 Å². The lowest BCUT2D eigenvalue weighted by atomic mass is 10.0. The summed E-state index contributed by atoms with van der Waals surface area (Å²) in [6.07, 6.45) is -0.421. The fraction of sp³-hybridized carbons (Fsp3) is 0.500. The Bertz CT molecular complexity index is 392. The summed E-state index contributed by atoms with van der Waals surface area (Å²) in [4.78, 5) is 0. The van der Waals surface area contributed by atoms with Gasteiger partial charge in [-0.2, -0.15) is 0 Å². The molecule has 0 saturated carbocycles. The summed E-state index contributed by atoms with van der Waals surface area (Å²) >= 11 is 0. The standard InChI is InChI=1S/C12H15F2NO2/c1-16-7-8-2-3-9(12(14)11(8)13)10-6-15-4-5-17-10/h2-3,10,15H,4-7H2,1H3. The zero-order valence-corrected chi connectivity index (χ0v) is 9.63. The predicted octanol–water partition coefficient (Wildman–Crippen LogP) is 1.77. The molecule has 1 atom stereocenters. The van der Waals surface area contributed by atoms with Crippen molar-refractivity contribution in [3.05, 3.63) is 34.9 Å². The van der Waals surface area contributed by atoms with Gasteiger partial charge in [0.15, 0.2) is 11.6 Å². The Labute approximate surface area is 98.7 Å². The van der Waals surface area contributed by atoms with E-state index in [1.165, 1.54) is 13.2 Å². The van der Waals surface area contributed by atoms with E-state index in [9.17, 15) is 8.78 Å². The second kappa shape index (κ2) is 5.53. The summed E-state index contributed by atoms with van der Waals surface area (Å²) in [7, 11) is 1.44. The third kappa shape index (κ3) is 2.62. The third-order valence-corrected chi connectivity index (χ3v) is 2.77. The molecule has 1 aliphatic heterocycles. The summed E-state index contributed by atoms with van der Waals surface area (Å²) < 4.78 is 37.7. The molecule has 1 heterocycles. The molecule has 3 nitrogen and oxygen atoms in total. The number of hydrogen-bond acceptors (Lipinski definition) is 3. The lowest BCUT2D eigenvalue weighted by molar-refractivity contribution is 0.0250. The van der Waals surface area contributed by atoms with Crippen LogP contribution < -0.4 is 5.32 Å². The number of morpholine rings is 1. The fourth-order valence-corrected chi connectivity index (χ4v) is 1.89. The van der Waals surface area contributed by atoms with Crippen LogP contribution in [0, 0.1) is 11.6 Å². The van der Waals surface area contributed by atoms with E-state index >= 15 is 0 Å². The Morgan fingerprint density at radius 3 is 2.88 bits per heavy atom. The van der Waals surface area contributed by atoms with Gasteiger partial charge in [-0.1, -0.05) is 12.1 Å². The normalized spacial score (nSPS) is 20.5. The Morgan fingerprint density at radius 2 is 2.24 bits per heavy atom. The van der Waals surface area contributed by atoms with E-state index in [-0.39, 0.29) is 17.7 Å². The molecule has 2 rings (SSSR count). The number of halogens is 2. The van der Waals surface area contributed by atoms with Crippen LogP contribution in [0.25, 0.3) is 0 Å². The van der Waals surface area contributed by atoms with Crippen molar-refractivity contribution in [3.8, 4) is 0 Å². The van der Waals surface area contributed by atoms with Crippen molar-refractivity contribution in [2.24, 2.45) is 0 Å². The second-order valence-corrected chi connectivity index (χ2v) is 3.94. The molecule has 0 radical (unpaired) electrons. The van der Waals surface area contributed by atoms with Crippen molar-refractivity contribution >= 4 is 0 Å². The highest BCUT2D eigenvalue weighted by Crippen LogP contribution is 2.25. The van der Waals surface area contributed by atoms with Crippen molar-refractivity contribution in [1.82, 2.24) is 5.32 Å². The first-order chi connectivity index (χ1) is 8.24. The molecule has 0 aliphatic carbocycles. The number of benzene rings is 1. The molecule has 1 unspecified atom stereocenters. The Balaban J connectivity index is 2.26. The molecule has 94 valence electrons. The quantitative estimate of drug-likeness (QED) is 0.877. The molecule has 0 aromatic heterocycles. The molecule has 17 heavy (non-hydrogen) atoms. The first-order valence-electron chi connectivity index (χ1n) is 5.52. The Morgan fingerprint density at radius 1 is 1.41 bits per heavy atom. The first kappa shape index (κ1) is 12.4. The van der Waals surface area contributed by atoms with Gasteiger partial charge in [0.1, 0.15) is 0 Å². The minimum atomic E-state index is -0.849. The van der Waals surface area contributed by atoms with Crippen molar-refractivity contribution in [2.75, 3.05) is 26.8 Å². The van der Waals surface area contributed by atoms with Crippen LogP contribution in [0.5, 0.6) is 0 Å². The zero-order chi connectivity index (χ0) is 12.3. The van der Waals surface area contributed by atoms with E-state index in [1.54, 1.807) is 6.07 Å². The van der Waals surface area contributed by atoms with Crippen LogP contribution in [0.4, 0.5) is 8.78 Å². The molecule has 0 bridgehead atoms. The summed E-state index contributed by atoms with van der Waals surface area (Å²) in [5.74, 6) is -1.69. The van der Waals surface area contributed by atoms with Gasteiger partial charge in [-0.15, -0.1) is 0 Å². The molecular weight excluding hydrogens is 228 g/mol.